The molecule has 0 unspecified atom stereocenters. The number of ether oxygens (including phenoxy) is 1. The number of aromatic nitrogens is 2. The smallest absolute Gasteiger partial charge is 0.325 e. The van der Waals surface area contributed by atoms with Crippen molar-refractivity contribution in [3.05, 3.63) is 18.2 Å². The van der Waals surface area contributed by atoms with Gasteiger partial charge < -0.3 is 9.30 Å². The molecule has 1 aromatic heterocycles. The van der Waals surface area contributed by atoms with Gasteiger partial charge in [-0.2, -0.15) is 0 Å². The van der Waals surface area contributed by atoms with Crippen molar-refractivity contribution < 1.29 is 9.53 Å². The van der Waals surface area contributed by atoms with E-state index in [-0.39, 0.29) is 12.5 Å². The molecule has 0 spiro atoms. The van der Waals surface area contributed by atoms with Crippen LogP contribution < -0.4 is 0 Å². The van der Waals surface area contributed by atoms with Gasteiger partial charge in [0.15, 0.2) is 0 Å². The Morgan fingerprint density at radius 1 is 1.64 bits per heavy atom. The van der Waals surface area contributed by atoms with Gasteiger partial charge in [0.25, 0.3) is 0 Å². The van der Waals surface area contributed by atoms with Crippen molar-refractivity contribution in [1.82, 2.24) is 9.55 Å². The number of carbonyl (C=O) groups is 1. The molecule has 14 heavy (non-hydrogen) atoms. The van der Waals surface area contributed by atoms with Crippen molar-refractivity contribution >= 4 is 5.97 Å². The standard InChI is InChI=1S/C10H16N2O2/c1-8(2)6-9-11-4-5-12(9)7-10(13)14-3/h4-5,8H,6-7H2,1-3H3. The summed E-state index contributed by atoms with van der Waals surface area (Å²) in [7, 11) is 1.39. The van der Waals surface area contributed by atoms with E-state index in [9.17, 15) is 4.79 Å². The maximum Gasteiger partial charge on any atom is 0.325 e. The number of rotatable bonds is 4. The summed E-state index contributed by atoms with van der Waals surface area (Å²) >= 11 is 0. The van der Waals surface area contributed by atoms with E-state index in [1.807, 2.05) is 4.57 Å². The molecule has 4 heteroatoms. The Balaban J connectivity index is 2.67. The van der Waals surface area contributed by atoms with Crippen LogP contribution in [0.25, 0.3) is 0 Å². The SMILES string of the molecule is COC(=O)Cn1ccnc1CC(C)C. The summed E-state index contributed by atoms with van der Waals surface area (Å²) in [4.78, 5) is 15.2. The summed E-state index contributed by atoms with van der Waals surface area (Å²) in [6.07, 6.45) is 4.39. The van der Waals surface area contributed by atoms with Crippen LogP contribution in [0.2, 0.25) is 0 Å². The second-order valence-electron chi connectivity index (χ2n) is 3.65. The average Bonchev–Trinajstić information content (AvgIpc) is 2.52. The van der Waals surface area contributed by atoms with E-state index in [1.54, 1.807) is 12.4 Å². The van der Waals surface area contributed by atoms with Crippen LogP contribution in [0.5, 0.6) is 0 Å². The largest absolute Gasteiger partial charge is 0.468 e. The fourth-order valence-corrected chi connectivity index (χ4v) is 1.24. The Morgan fingerprint density at radius 2 is 2.36 bits per heavy atom. The van der Waals surface area contributed by atoms with Crippen LogP contribution in [0.3, 0.4) is 0 Å². The first-order valence-corrected chi connectivity index (χ1v) is 4.70. The van der Waals surface area contributed by atoms with E-state index in [0.717, 1.165) is 12.2 Å². The minimum absolute atomic E-state index is 0.243. The Bertz CT molecular complexity index is 305. The van der Waals surface area contributed by atoms with Crippen molar-refractivity contribution in [1.29, 1.82) is 0 Å². The Hall–Kier alpha value is -1.32. The minimum atomic E-state index is -0.243. The van der Waals surface area contributed by atoms with Gasteiger partial charge in [-0.05, 0) is 5.92 Å². The summed E-state index contributed by atoms with van der Waals surface area (Å²) in [6.45, 7) is 4.49. The first kappa shape index (κ1) is 10.8. The molecule has 0 fully saturated rings. The molecule has 0 amide bonds. The minimum Gasteiger partial charge on any atom is -0.468 e. The predicted octanol–water partition coefficient (Wildman–Crippen LogP) is 1.25. The number of esters is 1. The first-order valence-electron chi connectivity index (χ1n) is 4.70. The van der Waals surface area contributed by atoms with Gasteiger partial charge in [-0.3, -0.25) is 4.79 Å². The molecule has 0 saturated carbocycles. The van der Waals surface area contributed by atoms with E-state index in [4.69, 9.17) is 0 Å². The van der Waals surface area contributed by atoms with Crippen molar-refractivity contribution in [2.24, 2.45) is 5.92 Å². The lowest BCUT2D eigenvalue weighted by molar-refractivity contribution is -0.141. The number of carbonyl (C=O) groups excluding carboxylic acids is 1. The number of imidazole rings is 1. The molecule has 1 aromatic rings. The van der Waals surface area contributed by atoms with E-state index in [2.05, 4.69) is 23.6 Å². The van der Waals surface area contributed by atoms with E-state index in [1.165, 1.54) is 7.11 Å². The van der Waals surface area contributed by atoms with Gasteiger partial charge in [0, 0.05) is 18.8 Å². The molecule has 0 radical (unpaired) electrons. The fraction of sp³-hybridized carbons (Fsp3) is 0.600. The Morgan fingerprint density at radius 3 is 2.93 bits per heavy atom. The summed E-state index contributed by atoms with van der Waals surface area (Å²) in [5, 5.41) is 0. The Kier molecular flexibility index (Phi) is 3.68. The van der Waals surface area contributed by atoms with Gasteiger partial charge in [-0.15, -0.1) is 0 Å². The monoisotopic (exact) mass is 196 g/mol. The van der Waals surface area contributed by atoms with Crippen LogP contribution in [0, 0.1) is 5.92 Å². The van der Waals surface area contributed by atoms with Gasteiger partial charge in [-0.1, -0.05) is 13.8 Å². The number of hydrogen-bond acceptors (Lipinski definition) is 3. The topological polar surface area (TPSA) is 44.1 Å². The molecule has 0 bridgehead atoms. The van der Waals surface area contributed by atoms with E-state index in [0.29, 0.717) is 5.92 Å². The van der Waals surface area contributed by atoms with Gasteiger partial charge in [-0.25, -0.2) is 4.98 Å². The molecule has 1 heterocycles. The van der Waals surface area contributed by atoms with E-state index < -0.39 is 0 Å². The van der Waals surface area contributed by atoms with Gasteiger partial charge in [0.05, 0.1) is 7.11 Å². The summed E-state index contributed by atoms with van der Waals surface area (Å²) in [5.41, 5.74) is 0. The molecule has 0 atom stereocenters. The van der Waals surface area contributed by atoms with Crippen LogP contribution in [0.15, 0.2) is 12.4 Å². The van der Waals surface area contributed by atoms with Crippen LogP contribution in [0.1, 0.15) is 19.7 Å². The molecule has 1 rings (SSSR count). The maximum atomic E-state index is 11.0. The van der Waals surface area contributed by atoms with Gasteiger partial charge in [0.1, 0.15) is 12.4 Å². The van der Waals surface area contributed by atoms with Crippen LogP contribution in [-0.4, -0.2) is 22.6 Å². The molecule has 4 nitrogen and oxygen atoms in total. The van der Waals surface area contributed by atoms with Crippen LogP contribution in [0.4, 0.5) is 0 Å². The van der Waals surface area contributed by atoms with Crippen molar-refractivity contribution in [3.63, 3.8) is 0 Å². The maximum absolute atomic E-state index is 11.0. The van der Waals surface area contributed by atoms with Crippen LogP contribution >= 0.6 is 0 Å². The third-order valence-corrected chi connectivity index (χ3v) is 1.92. The van der Waals surface area contributed by atoms with Crippen molar-refractivity contribution in [3.8, 4) is 0 Å². The molecular formula is C10H16N2O2. The van der Waals surface area contributed by atoms with Gasteiger partial charge >= 0.3 is 5.97 Å². The third kappa shape index (κ3) is 2.87. The number of hydrogen-bond donors (Lipinski definition) is 0. The molecule has 0 aliphatic rings. The summed E-state index contributed by atoms with van der Waals surface area (Å²) < 4.78 is 6.42. The van der Waals surface area contributed by atoms with Crippen molar-refractivity contribution in [2.75, 3.05) is 7.11 Å². The zero-order valence-electron chi connectivity index (χ0n) is 8.86. The molecule has 0 aromatic carbocycles. The lowest BCUT2D eigenvalue weighted by atomic mass is 10.1. The average molecular weight is 196 g/mol. The predicted molar refractivity (Wildman–Crippen MR) is 52.8 cm³/mol. The highest BCUT2D eigenvalue weighted by Gasteiger charge is 2.08. The lowest BCUT2D eigenvalue weighted by Gasteiger charge is -2.07. The highest BCUT2D eigenvalue weighted by molar-refractivity contribution is 5.69. The summed E-state index contributed by atoms with van der Waals surface area (Å²) in [5.74, 6) is 1.23. The zero-order valence-corrected chi connectivity index (χ0v) is 8.86. The molecule has 0 aliphatic carbocycles. The zero-order chi connectivity index (χ0) is 10.6. The highest BCUT2D eigenvalue weighted by atomic mass is 16.5. The number of methoxy groups -OCH3 is 1. The second kappa shape index (κ2) is 4.79. The molecular weight excluding hydrogens is 180 g/mol. The Labute approximate surface area is 83.9 Å². The quantitative estimate of drug-likeness (QED) is 0.681. The van der Waals surface area contributed by atoms with Gasteiger partial charge in [0.2, 0.25) is 0 Å². The molecule has 78 valence electrons. The van der Waals surface area contributed by atoms with Crippen molar-refractivity contribution in [2.45, 2.75) is 26.8 Å². The van der Waals surface area contributed by atoms with E-state index >= 15 is 0 Å². The number of nitrogens with zero attached hydrogens (tertiary/aromatic N) is 2. The van der Waals surface area contributed by atoms with Crippen LogP contribution in [-0.2, 0) is 22.5 Å². The normalized spacial score (nSPS) is 10.6. The molecule has 0 N–H and O–H groups in total. The lowest BCUT2D eigenvalue weighted by Crippen LogP contribution is -2.14. The summed E-state index contributed by atoms with van der Waals surface area (Å²) in [6, 6.07) is 0. The highest BCUT2D eigenvalue weighted by Crippen LogP contribution is 2.06. The third-order valence-electron chi connectivity index (χ3n) is 1.92. The molecule has 0 aliphatic heterocycles. The second-order valence-corrected chi connectivity index (χ2v) is 3.65. The first-order chi connectivity index (χ1) is 6.63. The fourth-order valence-electron chi connectivity index (χ4n) is 1.24. The molecule has 0 saturated heterocycles.